The number of hydrogen-bond acceptors (Lipinski definition) is 3. The number of nitrogens with one attached hydrogen (secondary N) is 1. The van der Waals surface area contributed by atoms with Crippen LogP contribution in [0.4, 0.5) is 13.6 Å². The molecule has 0 heterocycles. The fourth-order valence-corrected chi connectivity index (χ4v) is 1.57. The molecule has 20 heavy (non-hydrogen) atoms. The van der Waals surface area contributed by atoms with Crippen molar-refractivity contribution in [2.45, 2.75) is 38.3 Å². The molecule has 1 amide bonds. The zero-order valence-electron chi connectivity index (χ0n) is 11.3. The molecule has 0 aliphatic rings. The molecule has 0 aliphatic heterocycles. The largest absolute Gasteiger partial charge is 0.445 e. The molecule has 0 bridgehead atoms. The fraction of sp³-hybridized carbons (Fsp3) is 0.500. The van der Waals surface area contributed by atoms with Gasteiger partial charge in [0.1, 0.15) is 6.61 Å². The van der Waals surface area contributed by atoms with E-state index in [1.54, 1.807) is 12.1 Å². The van der Waals surface area contributed by atoms with E-state index in [-0.39, 0.29) is 13.0 Å². The summed E-state index contributed by atoms with van der Waals surface area (Å²) in [5.41, 5.74) is 0.822. The third kappa shape index (κ3) is 7.04. The predicted octanol–water partition coefficient (Wildman–Crippen LogP) is 2.71. The van der Waals surface area contributed by atoms with Gasteiger partial charge < -0.3 is 15.2 Å². The van der Waals surface area contributed by atoms with Crippen LogP contribution in [0.3, 0.4) is 0 Å². The van der Waals surface area contributed by atoms with E-state index in [0.29, 0.717) is 0 Å². The van der Waals surface area contributed by atoms with Crippen molar-refractivity contribution in [3.63, 3.8) is 0 Å². The van der Waals surface area contributed by atoms with E-state index in [0.717, 1.165) is 12.5 Å². The Morgan fingerprint density at radius 3 is 2.60 bits per heavy atom. The molecule has 1 rings (SSSR count). The average Bonchev–Trinajstić information content (AvgIpc) is 2.41. The van der Waals surface area contributed by atoms with Gasteiger partial charge in [-0.1, -0.05) is 30.3 Å². The smallest absolute Gasteiger partial charge is 0.407 e. The molecule has 4 nitrogen and oxygen atoms in total. The molecule has 112 valence electrons. The molecule has 1 atom stereocenters. The monoisotopic (exact) mass is 287 g/mol. The quantitative estimate of drug-likeness (QED) is 0.810. The summed E-state index contributed by atoms with van der Waals surface area (Å²) < 4.78 is 30.3. The second-order valence-electron chi connectivity index (χ2n) is 4.69. The van der Waals surface area contributed by atoms with Crippen molar-refractivity contribution < 1.29 is 23.4 Å². The minimum absolute atomic E-state index is 0.0135. The summed E-state index contributed by atoms with van der Waals surface area (Å²) in [6.07, 6.45) is -1.15. The van der Waals surface area contributed by atoms with E-state index >= 15 is 0 Å². The fourth-order valence-electron chi connectivity index (χ4n) is 1.57. The maximum Gasteiger partial charge on any atom is 0.407 e. The van der Waals surface area contributed by atoms with Gasteiger partial charge in [-0.05, 0) is 18.9 Å². The number of aliphatic hydroxyl groups is 1. The normalized spacial score (nSPS) is 12.8. The number of hydrogen-bond donors (Lipinski definition) is 2. The van der Waals surface area contributed by atoms with Gasteiger partial charge in [-0.15, -0.1) is 0 Å². The van der Waals surface area contributed by atoms with Crippen molar-refractivity contribution in [3.8, 4) is 0 Å². The molecule has 0 fully saturated rings. The molecule has 2 N–H and O–H groups in total. The second kappa shape index (κ2) is 7.79. The van der Waals surface area contributed by atoms with Crippen LogP contribution < -0.4 is 5.32 Å². The van der Waals surface area contributed by atoms with E-state index in [9.17, 15) is 13.6 Å². The third-order valence-electron chi connectivity index (χ3n) is 2.69. The summed E-state index contributed by atoms with van der Waals surface area (Å²) in [6.45, 7) is 0.487. The number of alkyl halides is 2. The standard InChI is InChI=1S/C14H19F2NO3/c1-14(15,16)8-7-12(9-18)17-13(19)20-10-11-5-3-2-4-6-11/h2-6,12,18H,7-10H2,1H3,(H,17,19)/t12-/m0/s1. The maximum atomic E-state index is 12.7. The van der Waals surface area contributed by atoms with Crippen LogP contribution in [0.25, 0.3) is 0 Å². The van der Waals surface area contributed by atoms with Crippen molar-refractivity contribution in [2.75, 3.05) is 6.61 Å². The highest BCUT2D eigenvalue weighted by atomic mass is 19.3. The van der Waals surface area contributed by atoms with Crippen LogP contribution in [0, 0.1) is 0 Å². The Kier molecular flexibility index (Phi) is 6.38. The molecule has 0 aliphatic carbocycles. The SMILES string of the molecule is CC(F)(F)CC[C@@H](CO)NC(=O)OCc1ccccc1. The first kappa shape index (κ1) is 16.4. The van der Waals surface area contributed by atoms with E-state index in [1.165, 1.54) is 0 Å². The van der Waals surface area contributed by atoms with E-state index in [1.807, 2.05) is 18.2 Å². The van der Waals surface area contributed by atoms with E-state index < -0.39 is 31.1 Å². The number of alkyl carbamates (subject to hydrolysis) is 1. The number of amides is 1. The van der Waals surface area contributed by atoms with E-state index in [4.69, 9.17) is 9.84 Å². The number of carbonyl (C=O) groups excluding carboxylic acids is 1. The zero-order chi connectivity index (χ0) is 15.0. The number of benzene rings is 1. The molecular weight excluding hydrogens is 268 g/mol. The van der Waals surface area contributed by atoms with Crippen LogP contribution in [0.5, 0.6) is 0 Å². The number of halogens is 2. The third-order valence-corrected chi connectivity index (χ3v) is 2.69. The summed E-state index contributed by atoms with van der Waals surface area (Å²) in [6, 6.07) is 8.34. The molecule has 6 heteroatoms. The molecular formula is C14H19F2NO3. The van der Waals surface area contributed by atoms with Gasteiger partial charge in [0.05, 0.1) is 12.6 Å². The number of aliphatic hydroxyl groups excluding tert-OH is 1. The Morgan fingerprint density at radius 2 is 2.05 bits per heavy atom. The van der Waals surface area contributed by atoms with Crippen molar-refractivity contribution in [1.82, 2.24) is 5.32 Å². The highest BCUT2D eigenvalue weighted by Crippen LogP contribution is 2.19. The molecule has 0 radical (unpaired) electrons. The lowest BCUT2D eigenvalue weighted by Gasteiger charge is -2.18. The molecule has 1 aromatic carbocycles. The molecule has 0 aromatic heterocycles. The summed E-state index contributed by atoms with van der Waals surface area (Å²) >= 11 is 0. The molecule has 0 unspecified atom stereocenters. The van der Waals surface area contributed by atoms with Crippen molar-refractivity contribution in [1.29, 1.82) is 0 Å². The van der Waals surface area contributed by atoms with Gasteiger partial charge in [-0.25, -0.2) is 13.6 Å². The summed E-state index contributed by atoms with van der Waals surface area (Å²) in [7, 11) is 0. The van der Waals surface area contributed by atoms with Gasteiger partial charge in [0.15, 0.2) is 0 Å². The highest BCUT2D eigenvalue weighted by Gasteiger charge is 2.23. The zero-order valence-corrected chi connectivity index (χ0v) is 11.3. The first-order valence-corrected chi connectivity index (χ1v) is 6.36. The lowest BCUT2D eigenvalue weighted by Crippen LogP contribution is -2.38. The van der Waals surface area contributed by atoms with Crippen molar-refractivity contribution >= 4 is 6.09 Å². The van der Waals surface area contributed by atoms with E-state index in [2.05, 4.69) is 5.32 Å². The summed E-state index contributed by atoms with van der Waals surface area (Å²) in [5.74, 6) is -2.82. The summed E-state index contributed by atoms with van der Waals surface area (Å²) in [4.78, 5) is 11.5. The predicted molar refractivity (Wildman–Crippen MR) is 70.5 cm³/mol. The van der Waals surface area contributed by atoms with Gasteiger partial charge in [0, 0.05) is 6.42 Å². The first-order valence-electron chi connectivity index (χ1n) is 6.36. The van der Waals surface area contributed by atoms with Gasteiger partial charge >= 0.3 is 6.09 Å². The summed E-state index contributed by atoms with van der Waals surface area (Å²) in [5, 5.41) is 11.4. The first-order chi connectivity index (χ1) is 9.40. The number of carbonyl (C=O) groups is 1. The average molecular weight is 287 g/mol. The van der Waals surface area contributed by atoms with Gasteiger partial charge in [0.25, 0.3) is 0 Å². The van der Waals surface area contributed by atoms with Crippen LogP contribution in [0.15, 0.2) is 30.3 Å². The Bertz CT molecular complexity index is 407. The van der Waals surface area contributed by atoms with Crippen molar-refractivity contribution in [2.24, 2.45) is 0 Å². The van der Waals surface area contributed by atoms with Gasteiger partial charge in [-0.2, -0.15) is 0 Å². The van der Waals surface area contributed by atoms with Crippen LogP contribution in [0.1, 0.15) is 25.3 Å². The minimum atomic E-state index is -2.82. The Labute approximate surface area is 116 Å². The van der Waals surface area contributed by atoms with Crippen LogP contribution in [0.2, 0.25) is 0 Å². The second-order valence-corrected chi connectivity index (χ2v) is 4.69. The highest BCUT2D eigenvalue weighted by molar-refractivity contribution is 5.67. The minimum Gasteiger partial charge on any atom is -0.445 e. The molecule has 0 saturated heterocycles. The Morgan fingerprint density at radius 1 is 1.40 bits per heavy atom. The lowest BCUT2D eigenvalue weighted by molar-refractivity contribution is 0.00629. The lowest BCUT2D eigenvalue weighted by atomic mass is 10.1. The van der Waals surface area contributed by atoms with Crippen LogP contribution >= 0.6 is 0 Å². The molecule has 1 aromatic rings. The Hall–Kier alpha value is -1.69. The van der Waals surface area contributed by atoms with Gasteiger partial charge in [0.2, 0.25) is 5.92 Å². The molecule has 0 saturated carbocycles. The topological polar surface area (TPSA) is 58.6 Å². The van der Waals surface area contributed by atoms with Gasteiger partial charge in [-0.3, -0.25) is 0 Å². The maximum absolute atomic E-state index is 12.7. The Balaban J connectivity index is 2.32. The van der Waals surface area contributed by atoms with Crippen molar-refractivity contribution in [3.05, 3.63) is 35.9 Å². The number of rotatable bonds is 7. The van der Waals surface area contributed by atoms with Crippen LogP contribution in [-0.4, -0.2) is 29.8 Å². The van der Waals surface area contributed by atoms with Crippen LogP contribution in [-0.2, 0) is 11.3 Å². The number of ether oxygens (including phenoxy) is 1. The molecule has 0 spiro atoms.